The summed E-state index contributed by atoms with van der Waals surface area (Å²) < 4.78 is 41.4. The molecule has 0 aliphatic rings. The lowest BCUT2D eigenvalue weighted by molar-refractivity contribution is 0.588. The number of aryl methyl sites for hydroxylation is 1. The molecule has 2 aromatic heterocycles. The summed E-state index contributed by atoms with van der Waals surface area (Å²) in [6, 6.07) is 14.2. The fourth-order valence-corrected chi connectivity index (χ4v) is 3.85. The number of hydrazone groups is 1. The molecule has 3 N–H and O–H groups in total. The number of nitrogens with zero attached hydrogens (tertiary/aromatic N) is 5. The zero-order valence-corrected chi connectivity index (χ0v) is 20.0. The van der Waals surface area contributed by atoms with E-state index in [1.54, 1.807) is 54.3 Å². The molecule has 0 saturated carbocycles. The number of benzene rings is 2. The van der Waals surface area contributed by atoms with Crippen LogP contribution in [0.4, 0.5) is 21.8 Å². The topological polar surface area (TPSA) is 126 Å². The van der Waals surface area contributed by atoms with Gasteiger partial charge < -0.3 is 5.32 Å². The number of halogens is 1. The second kappa shape index (κ2) is 9.99. The van der Waals surface area contributed by atoms with Crippen LogP contribution in [-0.2, 0) is 10.0 Å². The SMILES string of the molecule is CNS(=O)(=O)c1ccc(C(C)=NNc2cc(-n3cccn3)nc(Nc3cc(F)ccc3C)n2)cc1. The molecule has 4 aromatic rings. The van der Waals surface area contributed by atoms with Gasteiger partial charge in [0.2, 0.25) is 16.0 Å². The Kier molecular flexibility index (Phi) is 6.85. The number of rotatable bonds is 8. The van der Waals surface area contributed by atoms with E-state index in [0.717, 1.165) is 11.1 Å². The maximum Gasteiger partial charge on any atom is 0.240 e. The average molecular weight is 495 g/mol. The zero-order chi connectivity index (χ0) is 25.0. The number of hydrogen-bond donors (Lipinski definition) is 3. The van der Waals surface area contributed by atoms with Gasteiger partial charge in [0.1, 0.15) is 5.82 Å². The number of hydrogen-bond acceptors (Lipinski definition) is 8. The van der Waals surface area contributed by atoms with Crippen LogP contribution < -0.4 is 15.5 Å². The molecular weight excluding hydrogens is 471 g/mol. The van der Waals surface area contributed by atoms with Crippen LogP contribution in [-0.4, -0.2) is 40.9 Å². The Bertz CT molecular complexity index is 1470. The van der Waals surface area contributed by atoms with Gasteiger partial charge in [-0.05, 0) is 62.4 Å². The van der Waals surface area contributed by atoms with Crippen molar-refractivity contribution >= 4 is 33.2 Å². The number of anilines is 3. The zero-order valence-electron chi connectivity index (χ0n) is 19.2. The molecule has 0 atom stereocenters. The van der Waals surface area contributed by atoms with Gasteiger partial charge in [0.15, 0.2) is 11.6 Å². The summed E-state index contributed by atoms with van der Waals surface area (Å²) in [5.74, 6) is 0.687. The van der Waals surface area contributed by atoms with Crippen LogP contribution in [0.5, 0.6) is 0 Å². The molecule has 4 rings (SSSR count). The van der Waals surface area contributed by atoms with Crippen LogP contribution in [0.3, 0.4) is 0 Å². The Hall–Kier alpha value is -4.16. The van der Waals surface area contributed by atoms with Gasteiger partial charge in [0.25, 0.3) is 0 Å². The molecule has 2 heterocycles. The molecule has 180 valence electrons. The quantitative estimate of drug-likeness (QED) is 0.252. The minimum absolute atomic E-state index is 0.160. The van der Waals surface area contributed by atoms with Crippen molar-refractivity contribution in [3.8, 4) is 5.82 Å². The molecule has 12 heteroatoms. The van der Waals surface area contributed by atoms with Gasteiger partial charge in [0, 0.05) is 24.1 Å². The molecule has 0 unspecified atom stereocenters. The van der Waals surface area contributed by atoms with Gasteiger partial charge in [-0.15, -0.1) is 0 Å². The molecule has 0 radical (unpaired) electrons. The molecule has 0 amide bonds. The smallest absolute Gasteiger partial charge is 0.240 e. The van der Waals surface area contributed by atoms with Crippen LogP contribution in [0.25, 0.3) is 5.82 Å². The maximum atomic E-state index is 13.8. The van der Waals surface area contributed by atoms with Crippen molar-refractivity contribution in [3.05, 3.63) is 83.9 Å². The Balaban J connectivity index is 1.62. The minimum atomic E-state index is -3.52. The molecule has 10 nitrogen and oxygen atoms in total. The lowest BCUT2D eigenvalue weighted by Gasteiger charge is -2.12. The van der Waals surface area contributed by atoms with Gasteiger partial charge in [-0.2, -0.15) is 20.2 Å². The minimum Gasteiger partial charge on any atom is -0.324 e. The van der Waals surface area contributed by atoms with E-state index < -0.39 is 10.0 Å². The predicted octanol–water partition coefficient (Wildman–Crippen LogP) is 3.60. The number of nitrogens with one attached hydrogen (secondary N) is 3. The second-order valence-electron chi connectivity index (χ2n) is 7.51. The van der Waals surface area contributed by atoms with E-state index >= 15 is 0 Å². The van der Waals surface area contributed by atoms with Gasteiger partial charge >= 0.3 is 0 Å². The van der Waals surface area contributed by atoms with Crippen molar-refractivity contribution in [2.24, 2.45) is 5.10 Å². The van der Waals surface area contributed by atoms with E-state index in [0.29, 0.717) is 23.0 Å². The summed E-state index contributed by atoms with van der Waals surface area (Å²) >= 11 is 0. The third kappa shape index (κ3) is 5.67. The van der Waals surface area contributed by atoms with Crippen molar-refractivity contribution in [1.29, 1.82) is 0 Å². The van der Waals surface area contributed by atoms with E-state index in [2.05, 4.69) is 35.6 Å². The van der Waals surface area contributed by atoms with Crippen molar-refractivity contribution in [2.75, 3.05) is 17.8 Å². The Morgan fingerprint density at radius 3 is 2.54 bits per heavy atom. The molecular formula is C23H23FN8O2S. The fourth-order valence-electron chi connectivity index (χ4n) is 3.12. The lowest BCUT2D eigenvalue weighted by Crippen LogP contribution is -2.18. The summed E-state index contributed by atoms with van der Waals surface area (Å²) in [6.45, 7) is 3.62. The third-order valence-corrected chi connectivity index (χ3v) is 6.52. The first-order valence-electron chi connectivity index (χ1n) is 10.5. The Labute approximate surface area is 202 Å². The van der Waals surface area contributed by atoms with E-state index in [4.69, 9.17) is 0 Å². The van der Waals surface area contributed by atoms with Crippen molar-refractivity contribution in [2.45, 2.75) is 18.7 Å². The highest BCUT2D eigenvalue weighted by Crippen LogP contribution is 2.22. The maximum absolute atomic E-state index is 13.8. The highest BCUT2D eigenvalue weighted by atomic mass is 32.2. The number of sulfonamides is 1. The predicted molar refractivity (Wildman–Crippen MR) is 132 cm³/mol. The van der Waals surface area contributed by atoms with Gasteiger partial charge in [-0.3, -0.25) is 5.43 Å². The first-order valence-corrected chi connectivity index (χ1v) is 12.0. The first kappa shape index (κ1) is 24.0. The Morgan fingerprint density at radius 2 is 1.86 bits per heavy atom. The second-order valence-corrected chi connectivity index (χ2v) is 9.40. The average Bonchev–Trinajstić information content (AvgIpc) is 3.40. The molecule has 0 fully saturated rings. The third-order valence-electron chi connectivity index (χ3n) is 5.09. The van der Waals surface area contributed by atoms with Crippen LogP contribution in [0, 0.1) is 12.7 Å². The fraction of sp³-hybridized carbons (Fsp3) is 0.130. The first-order chi connectivity index (χ1) is 16.7. The van der Waals surface area contributed by atoms with Gasteiger partial charge in [0.05, 0.1) is 10.6 Å². The van der Waals surface area contributed by atoms with E-state index in [1.807, 2.05) is 6.92 Å². The van der Waals surface area contributed by atoms with Crippen molar-refractivity contribution in [3.63, 3.8) is 0 Å². The Morgan fingerprint density at radius 1 is 1.09 bits per heavy atom. The highest BCUT2D eigenvalue weighted by Gasteiger charge is 2.12. The molecule has 0 aliphatic carbocycles. The van der Waals surface area contributed by atoms with Gasteiger partial charge in [-0.25, -0.2) is 22.2 Å². The van der Waals surface area contributed by atoms with Crippen LogP contribution in [0.1, 0.15) is 18.1 Å². The normalized spacial score (nSPS) is 11.9. The van der Waals surface area contributed by atoms with E-state index in [-0.39, 0.29) is 16.7 Å². The molecule has 35 heavy (non-hydrogen) atoms. The van der Waals surface area contributed by atoms with E-state index in [1.165, 1.54) is 31.3 Å². The van der Waals surface area contributed by atoms with Crippen molar-refractivity contribution < 1.29 is 12.8 Å². The summed E-state index contributed by atoms with van der Waals surface area (Å²) in [6.07, 6.45) is 3.36. The van der Waals surface area contributed by atoms with Crippen LogP contribution in [0.2, 0.25) is 0 Å². The summed E-state index contributed by atoms with van der Waals surface area (Å²) in [5.41, 5.74) is 5.59. The monoisotopic (exact) mass is 494 g/mol. The molecule has 2 aromatic carbocycles. The number of aromatic nitrogens is 4. The molecule has 0 saturated heterocycles. The summed E-state index contributed by atoms with van der Waals surface area (Å²) in [7, 11) is -2.16. The standard InChI is InChI=1S/C23H23FN8O2S/c1-15-5-8-18(24)13-20(15)27-23-28-21(14-22(29-23)32-12-4-11-26-32)31-30-16(2)17-6-9-19(10-7-17)35(33,34)25-3/h4-14,25H,1-3H3,(H2,27,28,29,31). The highest BCUT2D eigenvalue weighted by molar-refractivity contribution is 7.89. The van der Waals surface area contributed by atoms with Crippen LogP contribution >= 0.6 is 0 Å². The van der Waals surface area contributed by atoms with E-state index in [9.17, 15) is 12.8 Å². The molecule has 0 spiro atoms. The lowest BCUT2D eigenvalue weighted by atomic mass is 10.1. The molecule has 0 bridgehead atoms. The molecule has 0 aliphatic heterocycles. The largest absolute Gasteiger partial charge is 0.324 e. The van der Waals surface area contributed by atoms with Gasteiger partial charge in [-0.1, -0.05) is 18.2 Å². The summed E-state index contributed by atoms with van der Waals surface area (Å²) in [5, 5.41) is 11.6. The van der Waals surface area contributed by atoms with Crippen LogP contribution in [0.15, 0.2) is 77.0 Å². The van der Waals surface area contributed by atoms with Crippen molar-refractivity contribution in [1.82, 2.24) is 24.5 Å². The summed E-state index contributed by atoms with van der Waals surface area (Å²) in [4.78, 5) is 9.07.